The molecule has 0 spiro atoms. The van der Waals surface area contributed by atoms with Gasteiger partial charge in [-0.1, -0.05) is 11.6 Å². The second kappa shape index (κ2) is 4.97. The number of phenols is 1. The Kier molecular flexibility index (Phi) is 3.50. The second-order valence-electron chi connectivity index (χ2n) is 4.27. The zero-order chi connectivity index (χ0) is 15.0. The molecule has 20 heavy (non-hydrogen) atoms. The Morgan fingerprint density at radius 2 is 1.65 bits per heavy atom. The average molecular weight is 295 g/mol. The summed E-state index contributed by atoms with van der Waals surface area (Å²) in [4.78, 5) is 37.2. The van der Waals surface area contributed by atoms with E-state index < -0.39 is 17.8 Å². The summed E-state index contributed by atoms with van der Waals surface area (Å²) in [5, 5.41) is 10.1. The first-order valence-corrected chi connectivity index (χ1v) is 6.01. The Morgan fingerprint density at radius 3 is 2.20 bits per heavy atom. The van der Waals surface area contributed by atoms with E-state index in [0.717, 1.165) is 9.80 Å². The van der Waals surface area contributed by atoms with Crippen LogP contribution in [0.1, 0.15) is 5.56 Å². The second-order valence-corrected chi connectivity index (χ2v) is 4.71. The molecule has 104 valence electrons. The molecule has 0 aliphatic carbocycles. The van der Waals surface area contributed by atoms with E-state index in [9.17, 15) is 19.5 Å². The molecule has 2 rings (SSSR count). The van der Waals surface area contributed by atoms with Crippen molar-refractivity contribution in [2.75, 3.05) is 14.1 Å². The van der Waals surface area contributed by atoms with Crippen molar-refractivity contribution in [3.63, 3.8) is 0 Å². The van der Waals surface area contributed by atoms with Gasteiger partial charge in [0, 0.05) is 24.7 Å². The van der Waals surface area contributed by atoms with Gasteiger partial charge in [0.15, 0.2) is 0 Å². The molecule has 1 aromatic rings. The zero-order valence-electron chi connectivity index (χ0n) is 10.8. The van der Waals surface area contributed by atoms with E-state index in [1.54, 1.807) is 0 Å². The number of hydrogen-bond donors (Lipinski definition) is 1. The van der Waals surface area contributed by atoms with Gasteiger partial charge in [-0.15, -0.1) is 0 Å². The fraction of sp³-hybridized carbons (Fsp3) is 0.154. The summed E-state index contributed by atoms with van der Waals surface area (Å²) in [6, 6.07) is 3.55. The molecule has 7 heteroatoms. The number of carbonyl (C=O) groups excluding carboxylic acids is 3. The number of nitrogens with zero attached hydrogens (tertiary/aromatic N) is 2. The van der Waals surface area contributed by atoms with Crippen LogP contribution in [0.15, 0.2) is 23.8 Å². The number of carbonyl (C=O) groups is 3. The van der Waals surface area contributed by atoms with Gasteiger partial charge < -0.3 is 5.11 Å². The maximum Gasteiger partial charge on any atom is 0.333 e. The first-order chi connectivity index (χ1) is 9.32. The molecular weight excluding hydrogens is 284 g/mol. The van der Waals surface area contributed by atoms with Crippen LogP contribution in [0.5, 0.6) is 5.75 Å². The van der Waals surface area contributed by atoms with Gasteiger partial charge in [0.25, 0.3) is 11.8 Å². The van der Waals surface area contributed by atoms with Crippen LogP contribution in [0, 0.1) is 0 Å². The molecule has 1 N–H and O–H groups in total. The Morgan fingerprint density at radius 1 is 1.10 bits per heavy atom. The molecule has 0 aromatic heterocycles. The number of amides is 4. The van der Waals surface area contributed by atoms with Crippen LogP contribution < -0.4 is 0 Å². The normalized spacial score (nSPS) is 15.9. The molecule has 0 saturated carbocycles. The van der Waals surface area contributed by atoms with E-state index in [-0.39, 0.29) is 16.9 Å². The third kappa shape index (κ3) is 2.25. The van der Waals surface area contributed by atoms with E-state index in [2.05, 4.69) is 0 Å². The Bertz CT molecular complexity index is 628. The number of hydrogen-bond acceptors (Lipinski definition) is 4. The highest BCUT2D eigenvalue weighted by Crippen LogP contribution is 2.26. The lowest BCUT2D eigenvalue weighted by Crippen LogP contribution is -2.52. The molecule has 1 saturated heterocycles. The highest BCUT2D eigenvalue weighted by molar-refractivity contribution is 6.32. The molecule has 0 bridgehead atoms. The van der Waals surface area contributed by atoms with E-state index >= 15 is 0 Å². The monoisotopic (exact) mass is 294 g/mol. The minimum absolute atomic E-state index is 0.121. The van der Waals surface area contributed by atoms with Crippen molar-refractivity contribution in [3.05, 3.63) is 34.4 Å². The van der Waals surface area contributed by atoms with E-state index in [4.69, 9.17) is 11.6 Å². The molecule has 0 unspecified atom stereocenters. The fourth-order valence-electron chi connectivity index (χ4n) is 1.77. The number of barbiturate groups is 1. The fourth-order valence-corrected chi connectivity index (χ4v) is 1.95. The number of imide groups is 2. The minimum atomic E-state index is -0.725. The third-order valence-corrected chi connectivity index (χ3v) is 3.17. The standard InChI is InChI=1S/C13H11ClN2O4/c1-15-11(18)9(12(19)16(2)13(15)20)6-7-5-8(14)3-4-10(7)17/h3-6,17H,1-2H3. The molecule has 6 nitrogen and oxygen atoms in total. The summed E-state index contributed by atoms with van der Waals surface area (Å²) in [6.07, 6.45) is 1.21. The number of rotatable bonds is 1. The summed E-state index contributed by atoms with van der Waals surface area (Å²) >= 11 is 5.80. The summed E-state index contributed by atoms with van der Waals surface area (Å²) in [5.41, 5.74) is 0.0116. The van der Waals surface area contributed by atoms with Crippen LogP contribution in [-0.2, 0) is 9.59 Å². The number of urea groups is 1. The van der Waals surface area contributed by atoms with Gasteiger partial charge in [0.2, 0.25) is 0 Å². The Hall–Kier alpha value is -2.34. The SMILES string of the molecule is CN1C(=O)C(=Cc2cc(Cl)ccc2O)C(=O)N(C)C1=O. The highest BCUT2D eigenvalue weighted by atomic mass is 35.5. The van der Waals surface area contributed by atoms with Gasteiger partial charge in [-0.2, -0.15) is 0 Å². The Labute approximate surface area is 119 Å². The summed E-state index contributed by atoms with van der Waals surface area (Å²) < 4.78 is 0. The van der Waals surface area contributed by atoms with Crippen LogP contribution >= 0.6 is 11.6 Å². The maximum absolute atomic E-state index is 12.0. The van der Waals surface area contributed by atoms with Crippen molar-refractivity contribution in [2.45, 2.75) is 0 Å². The molecular formula is C13H11ClN2O4. The maximum atomic E-state index is 12.0. The average Bonchev–Trinajstić information content (AvgIpc) is 2.43. The van der Waals surface area contributed by atoms with Crippen LogP contribution in [0.25, 0.3) is 6.08 Å². The van der Waals surface area contributed by atoms with Crippen LogP contribution in [0.3, 0.4) is 0 Å². The van der Waals surface area contributed by atoms with Crippen molar-refractivity contribution in [2.24, 2.45) is 0 Å². The van der Waals surface area contributed by atoms with Crippen LogP contribution in [0.2, 0.25) is 5.02 Å². The predicted molar refractivity (Wildman–Crippen MR) is 72.0 cm³/mol. The lowest BCUT2D eigenvalue weighted by atomic mass is 10.1. The summed E-state index contributed by atoms with van der Waals surface area (Å²) in [6.45, 7) is 0. The number of likely N-dealkylation sites (N-methyl/N-ethyl adjacent to an activating group) is 2. The smallest absolute Gasteiger partial charge is 0.333 e. The largest absolute Gasteiger partial charge is 0.507 e. The first-order valence-electron chi connectivity index (χ1n) is 5.63. The highest BCUT2D eigenvalue weighted by Gasteiger charge is 2.37. The number of benzene rings is 1. The van der Waals surface area contributed by atoms with E-state index in [0.29, 0.717) is 5.02 Å². The van der Waals surface area contributed by atoms with Gasteiger partial charge >= 0.3 is 6.03 Å². The first kappa shape index (κ1) is 14.1. The molecule has 1 fully saturated rings. The van der Waals surface area contributed by atoms with Crippen molar-refractivity contribution in [1.29, 1.82) is 0 Å². The molecule has 4 amide bonds. The van der Waals surface area contributed by atoms with Crippen LogP contribution in [-0.4, -0.2) is 46.8 Å². The molecule has 0 atom stereocenters. The third-order valence-electron chi connectivity index (χ3n) is 2.93. The lowest BCUT2D eigenvalue weighted by molar-refractivity contribution is -0.134. The molecule has 0 radical (unpaired) electrons. The van der Waals surface area contributed by atoms with Gasteiger partial charge in [0.05, 0.1) is 0 Å². The number of halogens is 1. The van der Waals surface area contributed by atoms with E-state index in [1.165, 1.54) is 38.4 Å². The van der Waals surface area contributed by atoms with E-state index in [1.807, 2.05) is 0 Å². The lowest BCUT2D eigenvalue weighted by Gasteiger charge is -2.28. The van der Waals surface area contributed by atoms with Crippen molar-refractivity contribution in [1.82, 2.24) is 9.80 Å². The van der Waals surface area contributed by atoms with Crippen LogP contribution in [0.4, 0.5) is 4.79 Å². The molecule has 1 aromatic carbocycles. The van der Waals surface area contributed by atoms with Crippen molar-refractivity contribution >= 4 is 35.5 Å². The number of phenolic OH excluding ortho intramolecular Hbond substituents is 1. The molecule has 1 aliphatic rings. The summed E-state index contributed by atoms with van der Waals surface area (Å²) in [5.74, 6) is -1.57. The quantitative estimate of drug-likeness (QED) is 0.628. The summed E-state index contributed by atoms with van der Waals surface area (Å²) in [7, 11) is 2.55. The van der Waals surface area contributed by atoms with Gasteiger partial charge in [0.1, 0.15) is 11.3 Å². The van der Waals surface area contributed by atoms with Gasteiger partial charge in [-0.3, -0.25) is 19.4 Å². The van der Waals surface area contributed by atoms with Gasteiger partial charge in [-0.25, -0.2) is 4.79 Å². The number of aromatic hydroxyl groups is 1. The predicted octanol–water partition coefficient (Wildman–Crippen LogP) is 1.48. The Balaban J connectivity index is 2.52. The molecule has 1 heterocycles. The molecule has 1 aliphatic heterocycles. The van der Waals surface area contributed by atoms with Crippen molar-refractivity contribution < 1.29 is 19.5 Å². The van der Waals surface area contributed by atoms with Gasteiger partial charge in [-0.05, 0) is 24.3 Å². The zero-order valence-corrected chi connectivity index (χ0v) is 11.5. The van der Waals surface area contributed by atoms with Crippen molar-refractivity contribution in [3.8, 4) is 5.75 Å². The topological polar surface area (TPSA) is 77.9 Å². The minimum Gasteiger partial charge on any atom is -0.507 e.